The van der Waals surface area contributed by atoms with Crippen LogP contribution < -0.4 is 5.32 Å². The SMILES string of the molecule is N#CC1CCN(CC(=O)Nc2cccc([N+](=O)[O-])c2)CC1. The van der Waals surface area contributed by atoms with E-state index in [0.717, 1.165) is 25.9 Å². The molecule has 1 aromatic rings. The molecule has 0 saturated carbocycles. The number of amides is 1. The lowest BCUT2D eigenvalue weighted by atomic mass is 9.99. The van der Waals surface area contributed by atoms with E-state index in [0.29, 0.717) is 5.69 Å². The number of hydrogen-bond donors (Lipinski definition) is 1. The van der Waals surface area contributed by atoms with Crippen molar-refractivity contribution in [2.75, 3.05) is 25.0 Å². The van der Waals surface area contributed by atoms with Gasteiger partial charge in [-0.25, -0.2) is 0 Å². The minimum Gasteiger partial charge on any atom is -0.325 e. The fourth-order valence-electron chi connectivity index (χ4n) is 2.32. The maximum absolute atomic E-state index is 11.9. The van der Waals surface area contributed by atoms with Gasteiger partial charge in [0.2, 0.25) is 5.91 Å². The molecule has 1 aliphatic heterocycles. The topological polar surface area (TPSA) is 99.3 Å². The first-order valence-electron chi connectivity index (χ1n) is 6.75. The highest BCUT2D eigenvalue weighted by molar-refractivity contribution is 5.92. The first-order chi connectivity index (χ1) is 10.1. The lowest BCUT2D eigenvalue weighted by Crippen LogP contribution is -2.39. The number of rotatable bonds is 4. The average Bonchev–Trinajstić information content (AvgIpc) is 2.48. The number of nitrogens with one attached hydrogen (secondary N) is 1. The van der Waals surface area contributed by atoms with Crippen LogP contribution in [-0.4, -0.2) is 35.4 Å². The largest absolute Gasteiger partial charge is 0.325 e. The van der Waals surface area contributed by atoms with Crippen molar-refractivity contribution < 1.29 is 9.72 Å². The summed E-state index contributed by atoms with van der Waals surface area (Å²) < 4.78 is 0. The second-order valence-electron chi connectivity index (χ2n) is 5.04. The van der Waals surface area contributed by atoms with E-state index in [1.807, 2.05) is 4.90 Å². The number of benzene rings is 1. The molecule has 0 radical (unpaired) electrons. The van der Waals surface area contributed by atoms with Crippen molar-refractivity contribution in [2.24, 2.45) is 5.92 Å². The highest BCUT2D eigenvalue weighted by atomic mass is 16.6. The van der Waals surface area contributed by atoms with E-state index in [2.05, 4.69) is 11.4 Å². The first kappa shape index (κ1) is 14.9. The van der Waals surface area contributed by atoms with Gasteiger partial charge in [0.25, 0.3) is 5.69 Å². The number of nitrogens with zero attached hydrogens (tertiary/aromatic N) is 3. The van der Waals surface area contributed by atoms with Crippen LogP contribution in [0.3, 0.4) is 0 Å². The molecule has 0 spiro atoms. The summed E-state index contributed by atoms with van der Waals surface area (Å²) in [6.45, 7) is 1.68. The van der Waals surface area contributed by atoms with E-state index < -0.39 is 4.92 Å². The van der Waals surface area contributed by atoms with Gasteiger partial charge in [-0.1, -0.05) is 6.07 Å². The predicted octanol–water partition coefficient (Wildman–Crippen LogP) is 1.77. The standard InChI is InChI=1S/C14H16N4O3/c15-9-11-4-6-17(7-5-11)10-14(19)16-12-2-1-3-13(8-12)18(20)21/h1-3,8,11H,4-7,10H2,(H,16,19). The molecule has 1 aliphatic rings. The molecular weight excluding hydrogens is 272 g/mol. The van der Waals surface area contributed by atoms with E-state index >= 15 is 0 Å². The predicted molar refractivity (Wildman–Crippen MR) is 76.5 cm³/mol. The molecule has 1 saturated heterocycles. The zero-order valence-corrected chi connectivity index (χ0v) is 11.5. The number of nitro groups is 1. The summed E-state index contributed by atoms with van der Waals surface area (Å²) in [4.78, 5) is 24.1. The first-order valence-corrected chi connectivity index (χ1v) is 6.75. The van der Waals surface area contributed by atoms with Gasteiger partial charge in [0.15, 0.2) is 0 Å². The van der Waals surface area contributed by atoms with Crippen molar-refractivity contribution in [3.63, 3.8) is 0 Å². The van der Waals surface area contributed by atoms with Crippen LogP contribution in [0.25, 0.3) is 0 Å². The molecule has 0 unspecified atom stereocenters. The fraction of sp³-hybridized carbons (Fsp3) is 0.429. The quantitative estimate of drug-likeness (QED) is 0.672. The lowest BCUT2D eigenvalue weighted by molar-refractivity contribution is -0.384. The normalized spacial score (nSPS) is 16.1. The average molecular weight is 288 g/mol. The van der Waals surface area contributed by atoms with Crippen LogP contribution in [0, 0.1) is 27.4 Å². The highest BCUT2D eigenvalue weighted by Crippen LogP contribution is 2.18. The van der Waals surface area contributed by atoms with E-state index in [-0.39, 0.29) is 24.1 Å². The number of non-ortho nitro benzene ring substituents is 1. The number of carbonyl (C=O) groups is 1. The number of hydrogen-bond acceptors (Lipinski definition) is 5. The van der Waals surface area contributed by atoms with Gasteiger partial charge < -0.3 is 5.32 Å². The molecule has 1 N–H and O–H groups in total. The molecule has 1 fully saturated rings. The van der Waals surface area contributed by atoms with Gasteiger partial charge in [-0.3, -0.25) is 19.8 Å². The molecule has 0 atom stereocenters. The summed E-state index contributed by atoms with van der Waals surface area (Å²) in [6, 6.07) is 8.11. The fourth-order valence-corrected chi connectivity index (χ4v) is 2.32. The van der Waals surface area contributed by atoms with Crippen molar-refractivity contribution in [2.45, 2.75) is 12.8 Å². The number of nitriles is 1. The third-order valence-electron chi connectivity index (χ3n) is 3.48. The molecule has 110 valence electrons. The molecule has 21 heavy (non-hydrogen) atoms. The molecule has 7 heteroatoms. The molecule has 1 aromatic carbocycles. The van der Waals surface area contributed by atoms with E-state index in [4.69, 9.17) is 5.26 Å². The Bertz CT molecular complexity index is 574. The number of anilines is 1. The summed E-state index contributed by atoms with van der Waals surface area (Å²) >= 11 is 0. The highest BCUT2D eigenvalue weighted by Gasteiger charge is 2.20. The van der Waals surface area contributed by atoms with Crippen molar-refractivity contribution in [1.82, 2.24) is 4.90 Å². The Morgan fingerprint density at radius 2 is 2.19 bits per heavy atom. The van der Waals surface area contributed by atoms with Crippen LogP contribution in [-0.2, 0) is 4.79 Å². The Hall–Kier alpha value is -2.46. The van der Waals surface area contributed by atoms with Gasteiger partial charge >= 0.3 is 0 Å². The number of likely N-dealkylation sites (tertiary alicyclic amines) is 1. The number of piperidine rings is 1. The van der Waals surface area contributed by atoms with Crippen LogP contribution >= 0.6 is 0 Å². The van der Waals surface area contributed by atoms with E-state index in [1.165, 1.54) is 18.2 Å². The van der Waals surface area contributed by atoms with Gasteiger partial charge in [-0.2, -0.15) is 5.26 Å². The molecular formula is C14H16N4O3. The van der Waals surface area contributed by atoms with Gasteiger partial charge in [0.05, 0.1) is 17.5 Å². The van der Waals surface area contributed by atoms with Gasteiger partial charge in [0.1, 0.15) is 0 Å². The Balaban J connectivity index is 1.86. The second kappa shape index (κ2) is 6.81. The zero-order chi connectivity index (χ0) is 15.2. The van der Waals surface area contributed by atoms with E-state index in [1.54, 1.807) is 6.07 Å². The number of nitro benzene ring substituents is 1. The Morgan fingerprint density at radius 3 is 2.81 bits per heavy atom. The van der Waals surface area contributed by atoms with Gasteiger partial charge in [0, 0.05) is 23.7 Å². The maximum atomic E-state index is 11.9. The minimum absolute atomic E-state index is 0.0531. The van der Waals surface area contributed by atoms with Crippen molar-refractivity contribution >= 4 is 17.3 Å². The van der Waals surface area contributed by atoms with Crippen molar-refractivity contribution in [3.05, 3.63) is 34.4 Å². The lowest BCUT2D eigenvalue weighted by Gasteiger charge is -2.28. The van der Waals surface area contributed by atoms with Gasteiger partial charge in [-0.15, -0.1) is 0 Å². The molecule has 2 rings (SSSR count). The molecule has 0 aromatic heterocycles. The molecule has 0 aliphatic carbocycles. The third-order valence-corrected chi connectivity index (χ3v) is 3.48. The second-order valence-corrected chi connectivity index (χ2v) is 5.04. The summed E-state index contributed by atoms with van der Waals surface area (Å²) in [5.41, 5.74) is 0.365. The Morgan fingerprint density at radius 1 is 1.48 bits per heavy atom. The monoisotopic (exact) mass is 288 g/mol. The van der Waals surface area contributed by atoms with Crippen LogP contribution in [0.1, 0.15) is 12.8 Å². The third kappa shape index (κ3) is 4.26. The molecule has 1 amide bonds. The summed E-state index contributed by atoms with van der Waals surface area (Å²) in [5.74, 6) is -0.119. The molecule has 7 nitrogen and oxygen atoms in total. The van der Waals surface area contributed by atoms with Gasteiger partial charge in [-0.05, 0) is 32.0 Å². The summed E-state index contributed by atoms with van der Waals surface area (Å²) in [5, 5.41) is 22.2. The molecule has 1 heterocycles. The van der Waals surface area contributed by atoms with Crippen LogP contribution in [0.5, 0.6) is 0 Å². The number of carbonyl (C=O) groups excluding carboxylic acids is 1. The maximum Gasteiger partial charge on any atom is 0.271 e. The van der Waals surface area contributed by atoms with E-state index in [9.17, 15) is 14.9 Å². The van der Waals surface area contributed by atoms with Crippen molar-refractivity contribution in [3.8, 4) is 6.07 Å². The van der Waals surface area contributed by atoms with Crippen LogP contribution in [0.2, 0.25) is 0 Å². The summed E-state index contributed by atoms with van der Waals surface area (Å²) in [6.07, 6.45) is 1.56. The van der Waals surface area contributed by atoms with Crippen molar-refractivity contribution in [1.29, 1.82) is 5.26 Å². The Labute approximate surface area is 122 Å². The van der Waals surface area contributed by atoms with Crippen LogP contribution in [0.15, 0.2) is 24.3 Å². The zero-order valence-electron chi connectivity index (χ0n) is 11.5. The smallest absolute Gasteiger partial charge is 0.271 e. The van der Waals surface area contributed by atoms with Crippen LogP contribution in [0.4, 0.5) is 11.4 Å². The summed E-state index contributed by atoms with van der Waals surface area (Å²) in [7, 11) is 0. The molecule has 0 bridgehead atoms. The minimum atomic E-state index is -0.498. The Kier molecular flexibility index (Phi) is 4.85.